The van der Waals surface area contributed by atoms with Gasteiger partial charge in [0.1, 0.15) is 0 Å². The van der Waals surface area contributed by atoms with E-state index in [1.165, 1.54) is 15.3 Å². The molecule has 0 radical (unpaired) electrons. The molecule has 0 bridgehead atoms. The van der Waals surface area contributed by atoms with Crippen LogP contribution in [0.4, 0.5) is 0 Å². The molecule has 2 rings (SSSR count). The Balaban J connectivity index is 2.41. The summed E-state index contributed by atoms with van der Waals surface area (Å²) in [5.74, 6) is 0. The second-order valence-corrected chi connectivity index (χ2v) is 6.72. The van der Waals surface area contributed by atoms with E-state index in [-0.39, 0.29) is 6.04 Å². The summed E-state index contributed by atoms with van der Waals surface area (Å²) in [5.41, 5.74) is 1.23. The average Bonchev–Trinajstić information content (AvgIpc) is 2.73. The molecule has 0 saturated carbocycles. The smallest absolute Gasteiger partial charge is 0.0682 e. The third kappa shape index (κ3) is 3.15. The Morgan fingerprint density at radius 3 is 2.67 bits per heavy atom. The Bertz CT molecular complexity index is 538. The second kappa shape index (κ2) is 6.20. The summed E-state index contributed by atoms with van der Waals surface area (Å²) in [5, 5.41) is 4.28. The summed E-state index contributed by atoms with van der Waals surface area (Å²) in [6, 6.07) is 10.5. The Morgan fingerprint density at radius 2 is 2.11 bits per heavy atom. The fourth-order valence-electron chi connectivity index (χ4n) is 1.91. The zero-order valence-corrected chi connectivity index (χ0v) is 13.5. The number of hydrogen-bond donors (Lipinski definition) is 1. The van der Waals surface area contributed by atoms with Gasteiger partial charge < -0.3 is 5.32 Å². The first-order chi connectivity index (χ1) is 8.61. The first-order valence-corrected chi connectivity index (χ1v) is 7.85. The van der Waals surface area contributed by atoms with E-state index in [2.05, 4.69) is 53.3 Å². The van der Waals surface area contributed by atoms with Crippen LogP contribution in [-0.4, -0.2) is 6.54 Å². The van der Waals surface area contributed by atoms with Crippen molar-refractivity contribution in [3.8, 4) is 0 Å². The van der Waals surface area contributed by atoms with E-state index in [1.807, 2.05) is 23.5 Å². The van der Waals surface area contributed by atoms with Crippen LogP contribution in [0.25, 0.3) is 0 Å². The lowest BCUT2D eigenvalue weighted by Crippen LogP contribution is -2.21. The van der Waals surface area contributed by atoms with Gasteiger partial charge >= 0.3 is 0 Å². The molecular weight excluding hydrogens is 330 g/mol. The molecule has 1 N–H and O–H groups in total. The van der Waals surface area contributed by atoms with Crippen LogP contribution >= 0.6 is 38.9 Å². The van der Waals surface area contributed by atoms with Gasteiger partial charge in [-0.2, -0.15) is 0 Å². The van der Waals surface area contributed by atoms with Crippen molar-refractivity contribution in [2.24, 2.45) is 0 Å². The summed E-state index contributed by atoms with van der Waals surface area (Å²) >= 11 is 11.4. The van der Waals surface area contributed by atoms with Gasteiger partial charge in [0.05, 0.1) is 6.04 Å². The minimum absolute atomic E-state index is 0.223. The maximum Gasteiger partial charge on any atom is 0.0682 e. The number of hydrogen-bond acceptors (Lipinski definition) is 2. The monoisotopic (exact) mass is 343 g/mol. The maximum atomic E-state index is 6.00. The van der Waals surface area contributed by atoms with E-state index in [0.29, 0.717) is 0 Å². The van der Waals surface area contributed by atoms with Crippen molar-refractivity contribution in [3.63, 3.8) is 0 Å². The van der Waals surface area contributed by atoms with Crippen LogP contribution in [0.3, 0.4) is 0 Å². The molecule has 0 saturated heterocycles. The molecule has 1 atom stereocenters. The SMILES string of the molecule is CCNC(c1ccc(C)s1)c1ccc(Cl)cc1Br. The van der Waals surface area contributed by atoms with Crippen molar-refractivity contribution in [1.29, 1.82) is 0 Å². The zero-order valence-electron chi connectivity index (χ0n) is 10.3. The van der Waals surface area contributed by atoms with Crippen LogP contribution in [0.15, 0.2) is 34.8 Å². The van der Waals surface area contributed by atoms with Gasteiger partial charge in [-0.3, -0.25) is 0 Å². The van der Waals surface area contributed by atoms with Crippen molar-refractivity contribution in [2.75, 3.05) is 6.54 Å². The van der Waals surface area contributed by atoms with Gasteiger partial charge in [0.2, 0.25) is 0 Å². The van der Waals surface area contributed by atoms with Crippen molar-refractivity contribution in [1.82, 2.24) is 5.32 Å². The van der Waals surface area contributed by atoms with Crippen molar-refractivity contribution >= 4 is 38.9 Å². The predicted octanol–water partition coefficient (Wildman–Crippen LogP) is 5.17. The lowest BCUT2D eigenvalue weighted by Gasteiger charge is -2.18. The highest BCUT2D eigenvalue weighted by molar-refractivity contribution is 9.10. The number of rotatable bonds is 4. The van der Waals surface area contributed by atoms with E-state index >= 15 is 0 Å². The van der Waals surface area contributed by atoms with Crippen LogP contribution < -0.4 is 5.32 Å². The number of benzene rings is 1. The maximum absolute atomic E-state index is 6.00. The standard InChI is InChI=1S/C14H15BrClNS/c1-3-17-14(13-7-4-9(2)18-13)11-6-5-10(16)8-12(11)15/h4-8,14,17H,3H2,1-2H3. The molecule has 0 spiro atoms. The minimum atomic E-state index is 0.223. The van der Waals surface area contributed by atoms with Gasteiger partial charge in [0, 0.05) is 19.2 Å². The van der Waals surface area contributed by atoms with E-state index in [9.17, 15) is 0 Å². The summed E-state index contributed by atoms with van der Waals surface area (Å²) < 4.78 is 1.05. The van der Waals surface area contributed by atoms with Gasteiger partial charge in [-0.05, 0) is 43.3 Å². The molecule has 0 fully saturated rings. The van der Waals surface area contributed by atoms with Crippen molar-refractivity contribution in [3.05, 3.63) is 55.1 Å². The Kier molecular flexibility index (Phi) is 4.84. The molecule has 1 heterocycles. The summed E-state index contributed by atoms with van der Waals surface area (Å²) in [6.45, 7) is 5.18. The van der Waals surface area contributed by atoms with Crippen molar-refractivity contribution in [2.45, 2.75) is 19.9 Å². The molecule has 2 aromatic rings. The van der Waals surface area contributed by atoms with Crippen LogP contribution in [0.1, 0.15) is 28.3 Å². The molecule has 0 aliphatic heterocycles. The van der Waals surface area contributed by atoms with Gasteiger partial charge in [-0.15, -0.1) is 11.3 Å². The molecule has 1 aromatic heterocycles. The van der Waals surface area contributed by atoms with Gasteiger partial charge in [0.15, 0.2) is 0 Å². The summed E-state index contributed by atoms with van der Waals surface area (Å²) in [6.07, 6.45) is 0. The Labute approximate surface area is 125 Å². The highest BCUT2D eigenvalue weighted by atomic mass is 79.9. The highest BCUT2D eigenvalue weighted by Crippen LogP contribution is 2.33. The van der Waals surface area contributed by atoms with Gasteiger partial charge in [0.25, 0.3) is 0 Å². The second-order valence-electron chi connectivity index (χ2n) is 4.10. The molecule has 0 aliphatic carbocycles. The predicted molar refractivity (Wildman–Crippen MR) is 83.7 cm³/mol. The Morgan fingerprint density at radius 1 is 1.33 bits per heavy atom. The molecule has 96 valence electrons. The first kappa shape index (κ1) is 14.1. The van der Waals surface area contributed by atoms with E-state index in [0.717, 1.165) is 16.0 Å². The van der Waals surface area contributed by atoms with Gasteiger partial charge in [-0.25, -0.2) is 0 Å². The van der Waals surface area contributed by atoms with E-state index < -0.39 is 0 Å². The first-order valence-electron chi connectivity index (χ1n) is 5.86. The fraction of sp³-hybridized carbons (Fsp3) is 0.286. The number of nitrogens with one attached hydrogen (secondary N) is 1. The molecule has 1 aromatic carbocycles. The lowest BCUT2D eigenvalue weighted by molar-refractivity contribution is 0.637. The molecule has 1 nitrogen and oxygen atoms in total. The summed E-state index contributed by atoms with van der Waals surface area (Å²) in [7, 11) is 0. The molecule has 0 aliphatic rings. The largest absolute Gasteiger partial charge is 0.306 e. The molecule has 0 amide bonds. The van der Waals surface area contributed by atoms with Crippen LogP contribution in [0, 0.1) is 6.92 Å². The van der Waals surface area contributed by atoms with E-state index in [4.69, 9.17) is 11.6 Å². The topological polar surface area (TPSA) is 12.0 Å². The van der Waals surface area contributed by atoms with E-state index in [1.54, 1.807) is 0 Å². The number of thiophene rings is 1. The number of halogens is 2. The quantitative estimate of drug-likeness (QED) is 0.806. The highest BCUT2D eigenvalue weighted by Gasteiger charge is 2.17. The van der Waals surface area contributed by atoms with Crippen LogP contribution in [0.5, 0.6) is 0 Å². The third-order valence-electron chi connectivity index (χ3n) is 2.73. The fourth-order valence-corrected chi connectivity index (χ4v) is 3.80. The summed E-state index contributed by atoms with van der Waals surface area (Å²) in [4.78, 5) is 2.66. The normalized spacial score (nSPS) is 12.7. The molecule has 1 unspecified atom stereocenters. The average molecular weight is 345 g/mol. The van der Waals surface area contributed by atoms with Crippen LogP contribution in [-0.2, 0) is 0 Å². The van der Waals surface area contributed by atoms with Crippen molar-refractivity contribution < 1.29 is 0 Å². The molecular formula is C14H15BrClNS. The molecule has 18 heavy (non-hydrogen) atoms. The molecule has 4 heteroatoms. The van der Waals surface area contributed by atoms with Gasteiger partial charge in [-0.1, -0.05) is 40.5 Å². The minimum Gasteiger partial charge on any atom is -0.306 e. The lowest BCUT2D eigenvalue weighted by atomic mass is 10.1. The van der Waals surface area contributed by atoms with Crippen LogP contribution in [0.2, 0.25) is 5.02 Å². The Hall–Kier alpha value is -0.350. The third-order valence-corrected chi connectivity index (χ3v) is 4.71. The number of aryl methyl sites for hydroxylation is 1. The zero-order chi connectivity index (χ0) is 13.1.